The first-order valence-electron chi connectivity index (χ1n) is 7.18. The van der Waals surface area contributed by atoms with Crippen LogP contribution in [0.5, 0.6) is 0 Å². The summed E-state index contributed by atoms with van der Waals surface area (Å²) in [5.41, 5.74) is 2.18. The molecule has 1 aromatic rings. The number of hydrogen-bond donors (Lipinski definition) is 1. The monoisotopic (exact) mass is 261 g/mol. The number of carbonyl (C=O) groups is 1. The summed E-state index contributed by atoms with van der Waals surface area (Å²) in [5, 5.41) is 3.01. The molecule has 0 spiro atoms. The molecule has 1 unspecified atom stereocenters. The van der Waals surface area contributed by atoms with Crippen molar-refractivity contribution in [3.05, 3.63) is 29.8 Å². The normalized spacial score (nSPS) is 18.0. The second kappa shape index (κ2) is 6.71. The Labute approximate surface area is 115 Å². The van der Waals surface area contributed by atoms with Crippen LogP contribution in [0.15, 0.2) is 24.3 Å². The SMILES string of the molecule is CCc1ccc(NC(=O)C(C)C2CCOCC2)cc1. The van der Waals surface area contributed by atoms with E-state index in [4.69, 9.17) is 4.74 Å². The summed E-state index contributed by atoms with van der Waals surface area (Å²) in [6.07, 6.45) is 3.00. The van der Waals surface area contributed by atoms with E-state index in [1.165, 1.54) is 5.56 Å². The zero-order chi connectivity index (χ0) is 13.7. The Morgan fingerprint density at radius 1 is 1.32 bits per heavy atom. The van der Waals surface area contributed by atoms with Gasteiger partial charge in [-0.1, -0.05) is 26.0 Å². The highest BCUT2D eigenvalue weighted by Gasteiger charge is 2.25. The maximum atomic E-state index is 12.2. The second-order valence-electron chi connectivity index (χ2n) is 5.28. The Morgan fingerprint density at radius 3 is 2.53 bits per heavy atom. The Hall–Kier alpha value is -1.35. The molecule has 1 atom stereocenters. The van der Waals surface area contributed by atoms with E-state index >= 15 is 0 Å². The van der Waals surface area contributed by atoms with Crippen molar-refractivity contribution >= 4 is 11.6 Å². The molecule has 1 aliphatic heterocycles. The quantitative estimate of drug-likeness (QED) is 0.903. The minimum atomic E-state index is 0.0507. The molecule has 3 nitrogen and oxygen atoms in total. The van der Waals surface area contributed by atoms with Gasteiger partial charge in [0.2, 0.25) is 5.91 Å². The van der Waals surface area contributed by atoms with Gasteiger partial charge in [0.25, 0.3) is 0 Å². The number of hydrogen-bond acceptors (Lipinski definition) is 2. The van der Waals surface area contributed by atoms with Gasteiger partial charge in [0.15, 0.2) is 0 Å². The van der Waals surface area contributed by atoms with Gasteiger partial charge in [-0.15, -0.1) is 0 Å². The number of carbonyl (C=O) groups excluding carboxylic acids is 1. The van der Waals surface area contributed by atoms with Gasteiger partial charge >= 0.3 is 0 Å². The topological polar surface area (TPSA) is 38.3 Å². The Balaban J connectivity index is 1.91. The molecule has 1 saturated heterocycles. The van der Waals surface area contributed by atoms with Crippen LogP contribution in [0.3, 0.4) is 0 Å². The van der Waals surface area contributed by atoms with Gasteiger partial charge in [-0.2, -0.15) is 0 Å². The predicted octanol–water partition coefficient (Wildman–Crippen LogP) is 3.25. The Kier molecular flexibility index (Phi) is 4.97. The van der Waals surface area contributed by atoms with E-state index in [1.54, 1.807) is 0 Å². The van der Waals surface area contributed by atoms with E-state index in [0.717, 1.165) is 38.2 Å². The van der Waals surface area contributed by atoms with Crippen LogP contribution < -0.4 is 5.32 Å². The zero-order valence-corrected chi connectivity index (χ0v) is 11.8. The summed E-state index contributed by atoms with van der Waals surface area (Å²) in [4.78, 5) is 12.2. The van der Waals surface area contributed by atoms with Gasteiger partial charge < -0.3 is 10.1 Å². The van der Waals surface area contributed by atoms with E-state index in [2.05, 4.69) is 24.4 Å². The second-order valence-corrected chi connectivity index (χ2v) is 5.28. The van der Waals surface area contributed by atoms with Crippen LogP contribution >= 0.6 is 0 Å². The molecule has 1 aromatic carbocycles. The Bertz CT molecular complexity index is 407. The predicted molar refractivity (Wildman–Crippen MR) is 77.2 cm³/mol. The summed E-state index contributed by atoms with van der Waals surface area (Å²) < 4.78 is 5.34. The highest BCUT2D eigenvalue weighted by atomic mass is 16.5. The first-order valence-corrected chi connectivity index (χ1v) is 7.18. The third-order valence-corrected chi connectivity index (χ3v) is 4.02. The molecule has 1 heterocycles. The smallest absolute Gasteiger partial charge is 0.227 e. The van der Waals surface area contributed by atoms with E-state index in [9.17, 15) is 4.79 Å². The van der Waals surface area contributed by atoms with Crippen LogP contribution in [0.4, 0.5) is 5.69 Å². The molecule has 1 amide bonds. The van der Waals surface area contributed by atoms with Crippen LogP contribution in [-0.2, 0) is 16.0 Å². The molecule has 0 radical (unpaired) electrons. The van der Waals surface area contributed by atoms with E-state index < -0.39 is 0 Å². The third kappa shape index (κ3) is 3.80. The molecule has 0 aromatic heterocycles. The maximum Gasteiger partial charge on any atom is 0.227 e. The molecular weight excluding hydrogens is 238 g/mol. The summed E-state index contributed by atoms with van der Waals surface area (Å²) in [5.74, 6) is 0.620. The molecule has 3 heteroatoms. The number of aryl methyl sites for hydroxylation is 1. The van der Waals surface area contributed by atoms with Crippen molar-refractivity contribution in [3.8, 4) is 0 Å². The molecule has 0 aliphatic carbocycles. The van der Waals surface area contributed by atoms with Crippen molar-refractivity contribution in [1.82, 2.24) is 0 Å². The van der Waals surface area contributed by atoms with E-state index in [-0.39, 0.29) is 11.8 Å². The number of nitrogens with one attached hydrogen (secondary N) is 1. The average Bonchev–Trinajstić information content (AvgIpc) is 2.48. The van der Waals surface area contributed by atoms with Crippen molar-refractivity contribution in [2.75, 3.05) is 18.5 Å². The first kappa shape index (κ1) is 14.1. The number of benzene rings is 1. The fraction of sp³-hybridized carbons (Fsp3) is 0.562. The van der Waals surface area contributed by atoms with Crippen LogP contribution in [0.25, 0.3) is 0 Å². The number of anilines is 1. The largest absolute Gasteiger partial charge is 0.381 e. The molecule has 0 saturated carbocycles. The van der Waals surface area contributed by atoms with Crippen molar-refractivity contribution in [2.24, 2.45) is 11.8 Å². The van der Waals surface area contributed by atoms with Crippen molar-refractivity contribution in [1.29, 1.82) is 0 Å². The lowest BCUT2D eigenvalue weighted by molar-refractivity contribution is -0.122. The zero-order valence-electron chi connectivity index (χ0n) is 11.8. The summed E-state index contributed by atoms with van der Waals surface area (Å²) >= 11 is 0. The van der Waals surface area contributed by atoms with Gasteiger partial charge in [0, 0.05) is 24.8 Å². The highest BCUT2D eigenvalue weighted by molar-refractivity contribution is 5.92. The minimum absolute atomic E-state index is 0.0507. The summed E-state index contributed by atoms with van der Waals surface area (Å²) in [6, 6.07) is 8.09. The summed E-state index contributed by atoms with van der Waals surface area (Å²) in [7, 11) is 0. The molecule has 1 N–H and O–H groups in total. The lowest BCUT2D eigenvalue weighted by Gasteiger charge is -2.26. The number of amides is 1. The maximum absolute atomic E-state index is 12.2. The Morgan fingerprint density at radius 2 is 1.95 bits per heavy atom. The van der Waals surface area contributed by atoms with Gasteiger partial charge in [-0.25, -0.2) is 0 Å². The van der Waals surface area contributed by atoms with Crippen LogP contribution in [0.2, 0.25) is 0 Å². The highest BCUT2D eigenvalue weighted by Crippen LogP contribution is 2.24. The van der Waals surface area contributed by atoms with Crippen molar-refractivity contribution < 1.29 is 9.53 Å². The van der Waals surface area contributed by atoms with Crippen molar-refractivity contribution in [3.63, 3.8) is 0 Å². The number of rotatable bonds is 4. The van der Waals surface area contributed by atoms with Gasteiger partial charge in [-0.3, -0.25) is 4.79 Å². The van der Waals surface area contributed by atoms with E-state index in [0.29, 0.717) is 5.92 Å². The standard InChI is InChI=1S/C16H23NO2/c1-3-13-4-6-15(7-5-13)17-16(18)12(2)14-8-10-19-11-9-14/h4-7,12,14H,3,8-11H2,1-2H3,(H,17,18). The average molecular weight is 261 g/mol. The van der Waals surface area contributed by atoms with Crippen LogP contribution in [0.1, 0.15) is 32.3 Å². The lowest BCUT2D eigenvalue weighted by Crippen LogP contribution is -2.30. The molecule has 1 fully saturated rings. The van der Waals surface area contributed by atoms with E-state index in [1.807, 2.05) is 19.1 Å². The van der Waals surface area contributed by atoms with Gasteiger partial charge in [0.1, 0.15) is 0 Å². The third-order valence-electron chi connectivity index (χ3n) is 4.02. The fourth-order valence-corrected chi connectivity index (χ4v) is 2.51. The molecular formula is C16H23NO2. The lowest BCUT2D eigenvalue weighted by atomic mass is 9.87. The first-order chi connectivity index (χ1) is 9.20. The minimum Gasteiger partial charge on any atom is -0.381 e. The molecule has 2 rings (SSSR count). The number of ether oxygens (including phenoxy) is 1. The van der Waals surface area contributed by atoms with Gasteiger partial charge in [0.05, 0.1) is 0 Å². The summed E-state index contributed by atoms with van der Waals surface area (Å²) in [6.45, 7) is 5.72. The van der Waals surface area contributed by atoms with Gasteiger partial charge in [-0.05, 0) is 42.9 Å². The fourth-order valence-electron chi connectivity index (χ4n) is 2.51. The molecule has 19 heavy (non-hydrogen) atoms. The molecule has 1 aliphatic rings. The van der Waals surface area contributed by atoms with Crippen LogP contribution in [-0.4, -0.2) is 19.1 Å². The molecule has 104 valence electrons. The molecule has 0 bridgehead atoms. The van der Waals surface area contributed by atoms with Crippen LogP contribution in [0, 0.1) is 11.8 Å². The van der Waals surface area contributed by atoms with Crippen molar-refractivity contribution in [2.45, 2.75) is 33.1 Å².